The van der Waals surface area contributed by atoms with E-state index in [1.165, 1.54) is 26.4 Å². The third-order valence-electron chi connectivity index (χ3n) is 3.84. The number of ether oxygens (including phenoxy) is 3. The van der Waals surface area contributed by atoms with Gasteiger partial charge in [0, 0.05) is 12.6 Å². The van der Waals surface area contributed by atoms with Crippen molar-refractivity contribution in [2.75, 3.05) is 27.9 Å². The van der Waals surface area contributed by atoms with E-state index in [0.717, 1.165) is 17.5 Å². The van der Waals surface area contributed by atoms with Gasteiger partial charge in [0.2, 0.25) is 10.0 Å². The summed E-state index contributed by atoms with van der Waals surface area (Å²) in [7, 11) is -0.384. The number of carbonyl (C=O) groups excluding carboxylic acids is 1. The summed E-state index contributed by atoms with van der Waals surface area (Å²) in [6.07, 6.45) is 0. The molecule has 0 saturated carbocycles. The van der Waals surface area contributed by atoms with Crippen LogP contribution in [0.1, 0.15) is 5.56 Å². The summed E-state index contributed by atoms with van der Waals surface area (Å²) in [6.45, 7) is -0.874. The van der Waals surface area contributed by atoms with E-state index in [2.05, 4.69) is 4.74 Å². The summed E-state index contributed by atoms with van der Waals surface area (Å²) in [6, 6.07) is 8.39. The van der Waals surface area contributed by atoms with Gasteiger partial charge >= 0.3 is 5.97 Å². The van der Waals surface area contributed by atoms with Gasteiger partial charge in [0.1, 0.15) is 22.9 Å². The third-order valence-corrected chi connectivity index (χ3v) is 5.94. The Kier molecular flexibility index (Phi) is 7.22. The fourth-order valence-electron chi connectivity index (χ4n) is 2.42. The number of halogens is 2. The van der Waals surface area contributed by atoms with E-state index >= 15 is 0 Å². The lowest BCUT2D eigenvalue weighted by Gasteiger charge is -2.22. The predicted octanol–water partition coefficient (Wildman–Crippen LogP) is 2.86. The molecule has 0 spiro atoms. The van der Waals surface area contributed by atoms with Crippen LogP contribution in [0.2, 0.25) is 5.02 Å². The van der Waals surface area contributed by atoms with Crippen molar-refractivity contribution in [1.29, 1.82) is 0 Å². The lowest BCUT2D eigenvalue weighted by Crippen LogP contribution is -2.36. The van der Waals surface area contributed by atoms with Gasteiger partial charge in [-0.25, -0.2) is 12.8 Å². The molecule has 0 atom stereocenters. The number of rotatable bonds is 8. The van der Waals surface area contributed by atoms with Crippen LogP contribution in [0.5, 0.6) is 11.5 Å². The molecule has 0 bridgehead atoms. The second-order valence-corrected chi connectivity index (χ2v) is 7.94. The highest BCUT2D eigenvalue weighted by Crippen LogP contribution is 2.28. The molecule has 0 aliphatic rings. The van der Waals surface area contributed by atoms with E-state index in [4.69, 9.17) is 21.1 Å². The Morgan fingerprint density at radius 1 is 1.11 bits per heavy atom. The van der Waals surface area contributed by atoms with Crippen molar-refractivity contribution in [1.82, 2.24) is 4.31 Å². The number of carbonyl (C=O) groups is 1. The van der Waals surface area contributed by atoms with Gasteiger partial charge in [0.05, 0.1) is 26.4 Å². The van der Waals surface area contributed by atoms with E-state index in [-0.39, 0.29) is 11.6 Å². The molecule has 0 radical (unpaired) electrons. The zero-order valence-electron chi connectivity index (χ0n) is 15.4. The number of sulfonamides is 1. The van der Waals surface area contributed by atoms with E-state index in [9.17, 15) is 17.6 Å². The van der Waals surface area contributed by atoms with Crippen LogP contribution in [0.15, 0.2) is 41.3 Å². The Balaban J connectivity index is 2.50. The minimum absolute atomic E-state index is 0.253. The van der Waals surface area contributed by atoms with Gasteiger partial charge in [0.25, 0.3) is 0 Å². The molecule has 0 unspecified atom stereocenters. The largest absolute Gasteiger partial charge is 0.497 e. The number of methoxy groups -OCH3 is 3. The van der Waals surface area contributed by atoms with Crippen LogP contribution in [0.3, 0.4) is 0 Å². The molecule has 0 heterocycles. The molecule has 2 rings (SSSR count). The molecule has 10 heteroatoms. The van der Waals surface area contributed by atoms with Crippen molar-refractivity contribution in [3.63, 3.8) is 0 Å². The van der Waals surface area contributed by atoms with Crippen molar-refractivity contribution in [2.24, 2.45) is 0 Å². The lowest BCUT2D eigenvalue weighted by atomic mass is 10.2. The zero-order valence-corrected chi connectivity index (χ0v) is 17.0. The molecule has 7 nitrogen and oxygen atoms in total. The van der Waals surface area contributed by atoms with Crippen molar-refractivity contribution in [2.45, 2.75) is 11.4 Å². The van der Waals surface area contributed by atoms with E-state index < -0.39 is 33.3 Å². The molecule has 0 aromatic heterocycles. The molecular formula is C18H19ClFNO6S. The van der Waals surface area contributed by atoms with Crippen LogP contribution < -0.4 is 9.47 Å². The second-order valence-electron chi connectivity index (χ2n) is 5.62. The number of esters is 1. The van der Waals surface area contributed by atoms with E-state index in [1.807, 2.05) is 0 Å². The fourth-order valence-corrected chi connectivity index (χ4v) is 4.11. The standard InChI is InChI=1S/C18H19ClFNO6S/c1-25-13-7-12(8-14(9-13)26-2)10-21(11-17(22)27-3)28(23,24)16-6-4-5-15(19)18(16)20/h4-9H,10-11H2,1-3H3. The van der Waals surface area contributed by atoms with Crippen molar-refractivity contribution in [3.8, 4) is 11.5 Å². The Morgan fingerprint density at radius 2 is 1.71 bits per heavy atom. The van der Waals surface area contributed by atoms with Gasteiger partial charge in [-0.05, 0) is 29.8 Å². The van der Waals surface area contributed by atoms with Gasteiger partial charge in [-0.3, -0.25) is 4.79 Å². The second kappa shape index (κ2) is 9.22. The van der Waals surface area contributed by atoms with Crippen molar-refractivity contribution >= 4 is 27.6 Å². The first kappa shape index (κ1) is 21.9. The molecule has 152 valence electrons. The van der Waals surface area contributed by atoms with Gasteiger partial charge in [-0.15, -0.1) is 0 Å². The molecule has 0 N–H and O–H groups in total. The quantitative estimate of drug-likeness (QED) is 0.598. The Morgan fingerprint density at radius 3 is 2.25 bits per heavy atom. The molecule has 2 aromatic rings. The SMILES string of the molecule is COC(=O)CN(Cc1cc(OC)cc(OC)c1)S(=O)(=O)c1cccc(Cl)c1F. The first-order valence-corrected chi connectivity index (χ1v) is 9.77. The predicted molar refractivity (Wildman–Crippen MR) is 101 cm³/mol. The summed E-state index contributed by atoms with van der Waals surface area (Å²) >= 11 is 5.71. The minimum atomic E-state index is -4.41. The summed E-state index contributed by atoms with van der Waals surface area (Å²) in [5.74, 6) is -1.04. The van der Waals surface area contributed by atoms with Crippen LogP contribution >= 0.6 is 11.6 Å². The van der Waals surface area contributed by atoms with Gasteiger partial charge < -0.3 is 14.2 Å². The van der Waals surface area contributed by atoms with Crippen molar-refractivity contribution in [3.05, 3.63) is 52.8 Å². The number of hydrogen-bond acceptors (Lipinski definition) is 6. The smallest absolute Gasteiger partial charge is 0.321 e. The monoisotopic (exact) mass is 431 g/mol. The first-order chi connectivity index (χ1) is 13.2. The van der Waals surface area contributed by atoms with Gasteiger partial charge in [-0.1, -0.05) is 17.7 Å². The maximum Gasteiger partial charge on any atom is 0.321 e. The Bertz CT molecular complexity index is 944. The van der Waals surface area contributed by atoms with Crippen molar-refractivity contribution < 1.29 is 31.8 Å². The zero-order chi connectivity index (χ0) is 20.9. The van der Waals surface area contributed by atoms with E-state index in [1.54, 1.807) is 18.2 Å². The molecule has 28 heavy (non-hydrogen) atoms. The molecule has 0 aliphatic heterocycles. The van der Waals surface area contributed by atoms with Crippen LogP contribution in [0.25, 0.3) is 0 Å². The highest BCUT2D eigenvalue weighted by atomic mass is 35.5. The number of benzene rings is 2. The van der Waals surface area contributed by atoms with Crippen LogP contribution in [-0.2, 0) is 26.1 Å². The average Bonchev–Trinajstić information content (AvgIpc) is 2.68. The maximum atomic E-state index is 14.4. The number of hydrogen-bond donors (Lipinski definition) is 0. The number of nitrogens with zero attached hydrogens (tertiary/aromatic N) is 1. The van der Waals surface area contributed by atoms with Crippen LogP contribution in [-0.4, -0.2) is 46.6 Å². The molecule has 0 saturated heterocycles. The lowest BCUT2D eigenvalue weighted by molar-refractivity contribution is -0.140. The first-order valence-electron chi connectivity index (χ1n) is 7.95. The molecule has 0 aliphatic carbocycles. The van der Waals surface area contributed by atoms with Crippen LogP contribution in [0, 0.1) is 5.82 Å². The molecule has 2 aromatic carbocycles. The third kappa shape index (κ3) is 4.92. The Labute approximate surface area is 167 Å². The highest BCUT2D eigenvalue weighted by Gasteiger charge is 2.30. The average molecular weight is 432 g/mol. The summed E-state index contributed by atoms with van der Waals surface area (Å²) in [5.41, 5.74) is 0.464. The molecule has 0 fully saturated rings. The van der Waals surface area contributed by atoms with Gasteiger partial charge in [0.15, 0.2) is 5.82 Å². The topological polar surface area (TPSA) is 82.1 Å². The molecule has 0 amide bonds. The Hall–Kier alpha value is -2.36. The fraction of sp³-hybridized carbons (Fsp3) is 0.278. The maximum absolute atomic E-state index is 14.4. The highest BCUT2D eigenvalue weighted by molar-refractivity contribution is 7.89. The van der Waals surface area contributed by atoms with E-state index in [0.29, 0.717) is 17.1 Å². The minimum Gasteiger partial charge on any atom is -0.497 e. The summed E-state index contributed by atoms with van der Waals surface area (Å²) < 4.78 is 56.1. The van der Waals surface area contributed by atoms with Gasteiger partial charge in [-0.2, -0.15) is 4.31 Å². The summed E-state index contributed by atoms with van der Waals surface area (Å²) in [5, 5.41) is -0.345. The molecular weight excluding hydrogens is 413 g/mol. The normalized spacial score (nSPS) is 11.4. The summed E-state index contributed by atoms with van der Waals surface area (Å²) in [4.78, 5) is 11.2. The van der Waals surface area contributed by atoms with Crippen LogP contribution in [0.4, 0.5) is 4.39 Å².